The maximum Gasteiger partial charge on any atom is 0.410 e. The zero-order valence-corrected chi connectivity index (χ0v) is 14.8. The third-order valence-electron chi connectivity index (χ3n) is 4.60. The van der Waals surface area contributed by atoms with E-state index >= 15 is 0 Å². The van der Waals surface area contributed by atoms with Crippen LogP contribution >= 0.6 is 0 Å². The molecule has 0 aromatic rings. The van der Waals surface area contributed by atoms with Crippen molar-refractivity contribution in [3.63, 3.8) is 0 Å². The third kappa shape index (κ3) is 6.27. The second-order valence-corrected chi connectivity index (χ2v) is 7.67. The van der Waals surface area contributed by atoms with Crippen molar-refractivity contribution in [2.45, 2.75) is 91.6 Å². The second-order valence-electron chi connectivity index (χ2n) is 7.67. The minimum absolute atomic E-state index is 0.137. The lowest BCUT2D eigenvalue weighted by Crippen LogP contribution is -2.45. The number of nitrogens with zero attached hydrogens (tertiary/aromatic N) is 1. The van der Waals surface area contributed by atoms with Gasteiger partial charge in [0.1, 0.15) is 5.60 Å². The van der Waals surface area contributed by atoms with E-state index in [1.54, 1.807) is 0 Å². The van der Waals surface area contributed by atoms with E-state index in [0.29, 0.717) is 5.41 Å². The predicted molar refractivity (Wildman–Crippen MR) is 88.5 cm³/mol. The molecule has 0 aromatic carbocycles. The maximum absolute atomic E-state index is 12.2. The van der Waals surface area contributed by atoms with Crippen LogP contribution in [0.3, 0.4) is 0 Å². The SMILES string of the molecule is CCCCC1(CCCC)CCN(C(=O)OC(C)(C)C)CC1. The fraction of sp³-hybridized carbons (Fsp3) is 0.944. The Kier molecular flexibility index (Phi) is 7.02. The van der Waals surface area contributed by atoms with E-state index in [0.717, 1.165) is 25.9 Å². The lowest BCUT2D eigenvalue weighted by Gasteiger charge is -2.42. The Morgan fingerprint density at radius 3 is 1.90 bits per heavy atom. The number of amides is 1. The van der Waals surface area contributed by atoms with Gasteiger partial charge in [-0.05, 0) is 51.9 Å². The Balaban J connectivity index is 2.54. The topological polar surface area (TPSA) is 29.5 Å². The average molecular weight is 297 g/mol. The highest BCUT2D eigenvalue weighted by Crippen LogP contribution is 2.41. The number of piperidine rings is 1. The van der Waals surface area contributed by atoms with Gasteiger partial charge in [-0.2, -0.15) is 0 Å². The highest BCUT2D eigenvalue weighted by atomic mass is 16.6. The Morgan fingerprint density at radius 2 is 1.52 bits per heavy atom. The Morgan fingerprint density at radius 1 is 1.05 bits per heavy atom. The van der Waals surface area contributed by atoms with Crippen LogP contribution < -0.4 is 0 Å². The number of rotatable bonds is 6. The molecule has 3 heteroatoms. The van der Waals surface area contributed by atoms with Crippen LogP contribution in [0.15, 0.2) is 0 Å². The van der Waals surface area contributed by atoms with Gasteiger partial charge in [0, 0.05) is 13.1 Å². The van der Waals surface area contributed by atoms with Crippen molar-refractivity contribution in [3.05, 3.63) is 0 Å². The molecule has 0 bridgehead atoms. The summed E-state index contributed by atoms with van der Waals surface area (Å²) < 4.78 is 5.49. The van der Waals surface area contributed by atoms with Crippen molar-refractivity contribution < 1.29 is 9.53 Å². The van der Waals surface area contributed by atoms with Crippen LogP contribution in [-0.2, 0) is 4.74 Å². The molecule has 1 aliphatic heterocycles. The molecule has 0 unspecified atom stereocenters. The highest BCUT2D eigenvalue weighted by Gasteiger charge is 2.35. The molecule has 1 aliphatic rings. The van der Waals surface area contributed by atoms with Gasteiger partial charge in [-0.25, -0.2) is 4.79 Å². The fourth-order valence-corrected chi connectivity index (χ4v) is 3.22. The zero-order chi connectivity index (χ0) is 15.9. The van der Waals surface area contributed by atoms with Crippen molar-refractivity contribution in [1.82, 2.24) is 4.90 Å². The Bertz CT molecular complexity index is 302. The smallest absolute Gasteiger partial charge is 0.410 e. The monoisotopic (exact) mass is 297 g/mol. The summed E-state index contributed by atoms with van der Waals surface area (Å²) in [6.45, 7) is 12.1. The molecule has 3 nitrogen and oxygen atoms in total. The van der Waals surface area contributed by atoms with Crippen LogP contribution in [0.25, 0.3) is 0 Å². The molecular weight excluding hydrogens is 262 g/mol. The summed E-state index contributed by atoms with van der Waals surface area (Å²) in [6.07, 6.45) is 9.97. The van der Waals surface area contributed by atoms with Crippen LogP contribution in [0.2, 0.25) is 0 Å². The summed E-state index contributed by atoms with van der Waals surface area (Å²) in [5.41, 5.74) is 0.0839. The third-order valence-corrected chi connectivity index (χ3v) is 4.60. The Hall–Kier alpha value is -0.730. The van der Waals surface area contributed by atoms with Gasteiger partial charge in [0.2, 0.25) is 0 Å². The van der Waals surface area contributed by atoms with Gasteiger partial charge in [-0.3, -0.25) is 0 Å². The van der Waals surface area contributed by atoms with E-state index < -0.39 is 5.60 Å². The first-order chi connectivity index (χ1) is 9.82. The molecule has 0 N–H and O–H groups in total. The largest absolute Gasteiger partial charge is 0.444 e. The quantitative estimate of drug-likeness (QED) is 0.658. The molecule has 1 heterocycles. The second kappa shape index (κ2) is 8.05. The summed E-state index contributed by atoms with van der Waals surface area (Å²) in [5.74, 6) is 0. The van der Waals surface area contributed by atoms with Gasteiger partial charge in [-0.15, -0.1) is 0 Å². The molecule has 0 aliphatic carbocycles. The minimum atomic E-state index is -0.393. The van der Waals surface area contributed by atoms with Gasteiger partial charge in [0.25, 0.3) is 0 Å². The molecule has 0 radical (unpaired) electrons. The van der Waals surface area contributed by atoms with E-state index in [9.17, 15) is 4.79 Å². The van der Waals surface area contributed by atoms with Crippen LogP contribution in [-0.4, -0.2) is 29.7 Å². The van der Waals surface area contributed by atoms with Crippen molar-refractivity contribution >= 4 is 6.09 Å². The molecule has 0 atom stereocenters. The van der Waals surface area contributed by atoms with Crippen molar-refractivity contribution in [2.75, 3.05) is 13.1 Å². The summed E-state index contributed by atoms with van der Waals surface area (Å²) in [4.78, 5) is 14.1. The molecule has 0 saturated carbocycles. The minimum Gasteiger partial charge on any atom is -0.444 e. The van der Waals surface area contributed by atoms with Gasteiger partial charge in [0.15, 0.2) is 0 Å². The average Bonchev–Trinajstić information content (AvgIpc) is 2.42. The summed E-state index contributed by atoms with van der Waals surface area (Å²) in [7, 11) is 0. The summed E-state index contributed by atoms with van der Waals surface area (Å²) >= 11 is 0. The maximum atomic E-state index is 12.2. The van der Waals surface area contributed by atoms with Gasteiger partial charge >= 0.3 is 6.09 Å². The van der Waals surface area contributed by atoms with E-state index in [2.05, 4.69) is 13.8 Å². The number of likely N-dealkylation sites (tertiary alicyclic amines) is 1. The van der Waals surface area contributed by atoms with Crippen molar-refractivity contribution in [3.8, 4) is 0 Å². The number of ether oxygens (including phenoxy) is 1. The van der Waals surface area contributed by atoms with Crippen LogP contribution in [0.5, 0.6) is 0 Å². The molecular formula is C18H35NO2. The first-order valence-electron chi connectivity index (χ1n) is 8.80. The van der Waals surface area contributed by atoms with Gasteiger partial charge in [0.05, 0.1) is 0 Å². The number of hydrogen-bond donors (Lipinski definition) is 0. The van der Waals surface area contributed by atoms with E-state index in [1.165, 1.54) is 38.5 Å². The molecule has 1 saturated heterocycles. The summed E-state index contributed by atoms with van der Waals surface area (Å²) in [6, 6.07) is 0. The van der Waals surface area contributed by atoms with Crippen molar-refractivity contribution in [2.24, 2.45) is 5.41 Å². The molecule has 1 rings (SSSR count). The van der Waals surface area contributed by atoms with Crippen LogP contribution in [0.1, 0.15) is 86.0 Å². The van der Waals surface area contributed by atoms with E-state index in [-0.39, 0.29) is 6.09 Å². The normalized spacial score (nSPS) is 18.6. The van der Waals surface area contributed by atoms with E-state index in [1.807, 2.05) is 25.7 Å². The summed E-state index contributed by atoms with van der Waals surface area (Å²) in [5, 5.41) is 0. The lowest BCUT2D eigenvalue weighted by atomic mass is 9.71. The first kappa shape index (κ1) is 18.3. The van der Waals surface area contributed by atoms with Crippen LogP contribution in [0.4, 0.5) is 4.79 Å². The molecule has 1 amide bonds. The Labute approximate surface area is 131 Å². The number of unbranched alkanes of at least 4 members (excludes halogenated alkanes) is 2. The first-order valence-corrected chi connectivity index (χ1v) is 8.80. The number of carbonyl (C=O) groups is 1. The molecule has 0 spiro atoms. The molecule has 0 aromatic heterocycles. The lowest BCUT2D eigenvalue weighted by molar-refractivity contribution is 0.00701. The highest BCUT2D eigenvalue weighted by molar-refractivity contribution is 5.68. The molecule has 124 valence electrons. The van der Waals surface area contributed by atoms with Gasteiger partial charge < -0.3 is 9.64 Å². The van der Waals surface area contributed by atoms with Gasteiger partial charge in [-0.1, -0.05) is 39.5 Å². The van der Waals surface area contributed by atoms with Crippen LogP contribution in [0, 0.1) is 5.41 Å². The predicted octanol–water partition coefficient (Wildman–Crippen LogP) is 5.38. The fourth-order valence-electron chi connectivity index (χ4n) is 3.22. The van der Waals surface area contributed by atoms with Crippen molar-refractivity contribution in [1.29, 1.82) is 0 Å². The number of carbonyl (C=O) groups excluding carboxylic acids is 1. The standard InChI is InChI=1S/C18H35NO2/c1-6-8-10-18(11-9-7-2)12-14-19(15-13-18)16(20)21-17(3,4)5/h6-15H2,1-5H3. The molecule has 1 fully saturated rings. The number of hydrogen-bond acceptors (Lipinski definition) is 2. The van der Waals surface area contributed by atoms with E-state index in [4.69, 9.17) is 4.74 Å². The zero-order valence-electron chi connectivity index (χ0n) is 14.8. The molecule has 21 heavy (non-hydrogen) atoms.